The van der Waals surface area contributed by atoms with E-state index in [9.17, 15) is 0 Å². The standard InChI is InChI=1S/C11H19NS/c1-8(12)6-11(3,4)10-5-9(2)13-7-10/h5,7-8H,6,12H2,1-4H3. The number of hydrogen-bond acceptors (Lipinski definition) is 2. The second-order valence-electron chi connectivity index (χ2n) is 4.51. The van der Waals surface area contributed by atoms with Gasteiger partial charge in [0.15, 0.2) is 0 Å². The Morgan fingerprint density at radius 1 is 1.54 bits per heavy atom. The van der Waals surface area contributed by atoms with Crippen molar-refractivity contribution in [2.24, 2.45) is 5.73 Å². The molecule has 1 aromatic heterocycles. The molecule has 0 bridgehead atoms. The van der Waals surface area contributed by atoms with E-state index >= 15 is 0 Å². The Kier molecular flexibility index (Phi) is 3.14. The molecule has 1 heterocycles. The maximum atomic E-state index is 5.83. The number of nitrogens with two attached hydrogens (primary N) is 1. The van der Waals surface area contributed by atoms with Crippen molar-refractivity contribution in [2.45, 2.75) is 45.6 Å². The van der Waals surface area contributed by atoms with Crippen LogP contribution in [0.3, 0.4) is 0 Å². The minimum Gasteiger partial charge on any atom is -0.328 e. The molecule has 0 aromatic carbocycles. The van der Waals surface area contributed by atoms with Crippen LogP contribution in [0.2, 0.25) is 0 Å². The first kappa shape index (κ1) is 10.7. The molecule has 1 atom stereocenters. The van der Waals surface area contributed by atoms with E-state index in [4.69, 9.17) is 5.73 Å². The third-order valence-electron chi connectivity index (χ3n) is 2.34. The Morgan fingerprint density at radius 3 is 2.54 bits per heavy atom. The number of aryl methyl sites for hydroxylation is 1. The fourth-order valence-electron chi connectivity index (χ4n) is 1.72. The van der Waals surface area contributed by atoms with E-state index in [0.29, 0.717) is 0 Å². The highest BCUT2D eigenvalue weighted by molar-refractivity contribution is 7.10. The SMILES string of the molecule is Cc1cc(C(C)(C)CC(C)N)cs1. The molecule has 0 radical (unpaired) electrons. The molecule has 0 aliphatic rings. The van der Waals surface area contributed by atoms with Gasteiger partial charge in [0.2, 0.25) is 0 Å². The molecule has 0 fully saturated rings. The monoisotopic (exact) mass is 197 g/mol. The first-order chi connectivity index (χ1) is 5.92. The van der Waals surface area contributed by atoms with E-state index in [1.807, 2.05) is 11.3 Å². The molecule has 2 heteroatoms. The normalized spacial score (nSPS) is 14.5. The van der Waals surface area contributed by atoms with E-state index in [1.165, 1.54) is 10.4 Å². The molecule has 0 saturated heterocycles. The highest BCUT2D eigenvalue weighted by Gasteiger charge is 2.22. The summed E-state index contributed by atoms with van der Waals surface area (Å²) < 4.78 is 0. The zero-order valence-electron chi connectivity index (χ0n) is 8.92. The lowest BCUT2D eigenvalue weighted by molar-refractivity contribution is 0.438. The zero-order valence-corrected chi connectivity index (χ0v) is 9.74. The van der Waals surface area contributed by atoms with Crippen molar-refractivity contribution in [3.8, 4) is 0 Å². The Hall–Kier alpha value is -0.340. The first-order valence-electron chi connectivity index (χ1n) is 4.73. The van der Waals surface area contributed by atoms with Crippen molar-refractivity contribution in [3.63, 3.8) is 0 Å². The molecule has 1 nitrogen and oxygen atoms in total. The van der Waals surface area contributed by atoms with Crippen LogP contribution in [-0.4, -0.2) is 6.04 Å². The van der Waals surface area contributed by atoms with E-state index in [2.05, 4.69) is 39.1 Å². The fraction of sp³-hybridized carbons (Fsp3) is 0.636. The molecule has 2 N–H and O–H groups in total. The van der Waals surface area contributed by atoms with E-state index in [-0.39, 0.29) is 11.5 Å². The van der Waals surface area contributed by atoms with Gasteiger partial charge in [-0.05, 0) is 42.7 Å². The number of thiophene rings is 1. The van der Waals surface area contributed by atoms with Crippen LogP contribution in [0.15, 0.2) is 11.4 Å². The van der Waals surface area contributed by atoms with Crippen molar-refractivity contribution in [1.29, 1.82) is 0 Å². The van der Waals surface area contributed by atoms with Crippen LogP contribution in [0.4, 0.5) is 0 Å². The lowest BCUT2D eigenvalue weighted by Gasteiger charge is -2.25. The third kappa shape index (κ3) is 2.82. The molecule has 1 unspecified atom stereocenters. The van der Waals surface area contributed by atoms with Crippen molar-refractivity contribution in [3.05, 3.63) is 21.9 Å². The summed E-state index contributed by atoms with van der Waals surface area (Å²) in [6.45, 7) is 8.74. The molecule has 74 valence electrons. The van der Waals surface area contributed by atoms with Crippen LogP contribution < -0.4 is 5.73 Å². The molecule has 0 amide bonds. The zero-order chi connectivity index (χ0) is 10.1. The van der Waals surface area contributed by atoms with Crippen molar-refractivity contribution < 1.29 is 0 Å². The van der Waals surface area contributed by atoms with Gasteiger partial charge in [-0.15, -0.1) is 11.3 Å². The van der Waals surface area contributed by atoms with Gasteiger partial charge in [-0.3, -0.25) is 0 Å². The third-order valence-corrected chi connectivity index (χ3v) is 3.21. The lowest BCUT2D eigenvalue weighted by Crippen LogP contribution is -2.27. The molecule has 0 spiro atoms. The van der Waals surface area contributed by atoms with Gasteiger partial charge < -0.3 is 5.73 Å². The van der Waals surface area contributed by atoms with Crippen molar-refractivity contribution >= 4 is 11.3 Å². The quantitative estimate of drug-likeness (QED) is 0.792. The molecule has 0 aliphatic heterocycles. The minimum atomic E-state index is 0.221. The summed E-state index contributed by atoms with van der Waals surface area (Å²) in [4.78, 5) is 1.38. The summed E-state index contributed by atoms with van der Waals surface area (Å²) in [5.41, 5.74) is 7.47. The van der Waals surface area contributed by atoms with Crippen molar-refractivity contribution in [2.75, 3.05) is 0 Å². The Labute approximate surface area is 85.0 Å². The summed E-state index contributed by atoms with van der Waals surface area (Å²) in [6, 6.07) is 2.54. The second-order valence-corrected chi connectivity index (χ2v) is 5.63. The molecule has 1 rings (SSSR count). The Morgan fingerprint density at radius 2 is 2.15 bits per heavy atom. The van der Waals surface area contributed by atoms with Gasteiger partial charge in [-0.2, -0.15) is 0 Å². The summed E-state index contributed by atoms with van der Waals surface area (Å²) in [5, 5.41) is 2.25. The highest BCUT2D eigenvalue weighted by atomic mass is 32.1. The molecule has 0 aliphatic carbocycles. The van der Waals surface area contributed by atoms with Gasteiger partial charge in [0.1, 0.15) is 0 Å². The summed E-state index contributed by atoms with van der Waals surface area (Å²) in [7, 11) is 0. The lowest BCUT2D eigenvalue weighted by atomic mass is 9.81. The Balaban J connectivity index is 2.80. The summed E-state index contributed by atoms with van der Waals surface area (Å²) >= 11 is 1.82. The van der Waals surface area contributed by atoms with Gasteiger partial charge in [-0.25, -0.2) is 0 Å². The highest BCUT2D eigenvalue weighted by Crippen LogP contribution is 2.31. The molecule has 13 heavy (non-hydrogen) atoms. The van der Waals surface area contributed by atoms with Gasteiger partial charge >= 0.3 is 0 Å². The van der Waals surface area contributed by atoms with Crippen LogP contribution >= 0.6 is 11.3 Å². The average Bonchev–Trinajstić information content (AvgIpc) is 2.32. The van der Waals surface area contributed by atoms with E-state index in [0.717, 1.165) is 6.42 Å². The number of hydrogen-bond donors (Lipinski definition) is 1. The molecule has 1 aromatic rings. The summed E-state index contributed by atoms with van der Waals surface area (Å²) in [6.07, 6.45) is 1.04. The summed E-state index contributed by atoms with van der Waals surface area (Å²) in [5.74, 6) is 0. The van der Waals surface area contributed by atoms with Crippen LogP contribution in [0.25, 0.3) is 0 Å². The molecular formula is C11H19NS. The maximum absolute atomic E-state index is 5.83. The van der Waals surface area contributed by atoms with Gasteiger partial charge in [-0.1, -0.05) is 13.8 Å². The van der Waals surface area contributed by atoms with Crippen LogP contribution in [0.1, 0.15) is 37.6 Å². The van der Waals surface area contributed by atoms with Crippen molar-refractivity contribution in [1.82, 2.24) is 0 Å². The average molecular weight is 197 g/mol. The topological polar surface area (TPSA) is 26.0 Å². The van der Waals surface area contributed by atoms with Gasteiger partial charge in [0, 0.05) is 10.9 Å². The Bertz CT molecular complexity index is 273. The van der Waals surface area contributed by atoms with Gasteiger partial charge in [0.25, 0.3) is 0 Å². The molecular weight excluding hydrogens is 178 g/mol. The van der Waals surface area contributed by atoms with Crippen LogP contribution in [-0.2, 0) is 5.41 Å². The smallest absolute Gasteiger partial charge is 0.00187 e. The predicted molar refractivity (Wildman–Crippen MR) is 60.3 cm³/mol. The van der Waals surface area contributed by atoms with E-state index in [1.54, 1.807) is 0 Å². The molecule has 0 saturated carbocycles. The van der Waals surface area contributed by atoms with Gasteiger partial charge in [0.05, 0.1) is 0 Å². The largest absolute Gasteiger partial charge is 0.328 e. The van der Waals surface area contributed by atoms with E-state index < -0.39 is 0 Å². The van der Waals surface area contributed by atoms with Crippen LogP contribution in [0.5, 0.6) is 0 Å². The fourth-order valence-corrected chi connectivity index (χ4v) is 2.62. The maximum Gasteiger partial charge on any atom is 0.00187 e. The predicted octanol–water partition coefficient (Wildman–Crippen LogP) is 3.07. The number of rotatable bonds is 3. The first-order valence-corrected chi connectivity index (χ1v) is 5.61. The van der Waals surface area contributed by atoms with Crippen LogP contribution in [0, 0.1) is 6.92 Å². The second kappa shape index (κ2) is 3.81. The minimum absolute atomic E-state index is 0.221.